The fraction of sp³-hybridized carbons (Fsp3) is 0.261. The minimum atomic E-state index is 0. The first-order chi connectivity index (χ1) is 23.6. The van der Waals surface area contributed by atoms with E-state index in [1.807, 2.05) is 36.7 Å². The summed E-state index contributed by atoms with van der Waals surface area (Å²) in [5.41, 5.74) is 17.5. The molecule has 4 aromatic carbocycles. The summed E-state index contributed by atoms with van der Waals surface area (Å²) >= 11 is 0. The van der Waals surface area contributed by atoms with Gasteiger partial charge in [-0.1, -0.05) is 61.9 Å². The number of hydrogen-bond donors (Lipinski definition) is 0. The Morgan fingerprint density at radius 3 is 2.00 bits per heavy atom. The van der Waals surface area contributed by atoms with Crippen molar-refractivity contribution in [2.75, 3.05) is 0 Å². The van der Waals surface area contributed by atoms with Gasteiger partial charge < -0.3 is 9.40 Å². The Bertz CT molecular complexity index is 2370. The zero-order valence-electron chi connectivity index (χ0n) is 29.8. The summed E-state index contributed by atoms with van der Waals surface area (Å²) in [6, 6.07) is 35.7. The van der Waals surface area contributed by atoms with Gasteiger partial charge in [-0.05, 0) is 128 Å². The van der Waals surface area contributed by atoms with Gasteiger partial charge in [-0.25, -0.2) is 0 Å². The quantitative estimate of drug-likeness (QED) is 0.163. The normalized spacial score (nSPS) is 17.2. The van der Waals surface area contributed by atoms with Crippen LogP contribution in [-0.4, -0.2) is 9.97 Å². The zero-order valence-corrected chi connectivity index (χ0v) is 32.2. The molecule has 1 radical (unpaired) electrons. The first-order valence-electron chi connectivity index (χ1n) is 17.5. The molecule has 1 spiro atoms. The second-order valence-corrected chi connectivity index (χ2v) is 15.0. The molecular formula is C46H43IrN2O-. The molecule has 253 valence electrons. The maximum absolute atomic E-state index is 6.57. The number of hydrogen-bond acceptors (Lipinski definition) is 3. The van der Waals surface area contributed by atoms with Crippen LogP contribution in [0.3, 0.4) is 0 Å². The standard InChI is InChI=1S/C33H31NO.C13H12N.Ir/c1-20-14-29(34-19-21(20)2)25-9-7-8-24-26-15-22-17-33(18-23(22)16-30(26)35-31(24)25)13-12-32(3,4)27-10-5-6-11-28(27)33;1-10-8-13(14-9-11(10)2)12-6-4-3-5-7-12;/h5-11,14-16,19H,12-13,17-18H2,1-4H3;3-6,8-9H,1-2H3;/q;-1;. The minimum Gasteiger partial charge on any atom is -0.455 e. The SMILES string of the molecule is Cc1cnc(-c2[c-]cccc2)cc1C.Cc1cnc(-c2cccc3c2oc2cc4c(cc23)CC2(CCC(C)(C)c3ccccc32)C4)cc1C.[Ir]. The van der Waals surface area contributed by atoms with E-state index in [9.17, 15) is 0 Å². The Morgan fingerprint density at radius 1 is 0.640 bits per heavy atom. The molecule has 2 aliphatic carbocycles. The molecule has 7 aromatic rings. The first kappa shape index (κ1) is 34.1. The molecule has 0 amide bonds. The van der Waals surface area contributed by atoms with Gasteiger partial charge >= 0.3 is 0 Å². The van der Waals surface area contributed by atoms with Gasteiger partial charge in [-0.2, -0.15) is 0 Å². The Labute approximate surface area is 309 Å². The van der Waals surface area contributed by atoms with Crippen molar-refractivity contribution in [1.29, 1.82) is 0 Å². The van der Waals surface area contributed by atoms with Gasteiger partial charge in [0, 0.05) is 54.2 Å². The molecule has 0 saturated carbocycles. The largest absolute Gasteiger partial charge is 0.455 e. The molecule has 0 fully saturated rings. The van der Waals surface area contributed by atoms with E-state index in [-0.39, 0.29) is 30.9 Å². The third-order valence-electron chi connectivity index (χ3n) is 11.3. The molecular weight excluding hydrogens is 789 g/mol. The molecule has 2 aliphatic rings. The number of furan rings is 1. The van der Waals surface area contributed by atoms with Crippen LogP contribution in [0.25, 0.3) is 44.5 Å². The molecule has 4 heteroatoms. The fourth-order valence-corrected chi connectivity index (χ4v) is 8.07. The Balaban J connectivity index is 0.000000220. The van der Waals surface area contributed by atoms with E-state index in [4.69, 9.17) is 9.40 Å². The summed E-state index contributed by atoms with van der Waals surface area (Å²) in [4.78, 5) is 9.10. The van der Waals surface area contributed by atoms with Gasteiger partial charge in [0.05, 0.1) is 5.69 Å². The van der Waals surface area contributed by atoms with Crippen LogP contribution in [-0.2, 0) is 43.8 Å². The molecule has 0 bridgehead atoms. The van der Waals surface area contributed by atoms with Gasteiger partial charge in [0.25, 0.3) is 0 Å². The summed E-state index contributed by atoms with van der Waals surface area (Å²) in [7, 11) is 0. The molecule has 0 N–H and O–H groups in total. The van der Waals surface area contributed by atoms with Crippen LogP contribution < -0.4 is 0 Å². The van der Waals surface area contributed by atoms with Crippen molar-refractivity contribution in [3.8, 4) is 22.5 Å². The predicted octanol–water partition coefficient (Wildman–Crippen LogP) is 11.5. The molecule has 3 aromatic heterocycles. The number of benzene rings is 4. The van der Waals surface area contributed by atoms with E-state index in [2.05, 4.69) is 119 Å². The number of aromatic nitrogens is 2. The van der Waals surface area contributed by atoms with Crippen molar-refractivity contribution in [3.63, 3.8) is 0 Å². The molecule has 1 atom stereocenters. The van der Waals surface area contributed by atoms with Gasteiger partial charge in [-0.3, -0.25) is 4.98 Å². The number of rotatable bonds is 2. The van der Waals surface area contributed by atoms with Gasteiger partial charge in [0.15, 0.2) is 0 Å². The van der Waals surface area contributed by atoms with Crippen LogP contribution in [0, 0.1) is 33.8 Å². The van der Waals surface area contributed by atoms with E-state index in [1.54, 1.807) is 11.1 Å². The van der Waals surface area contributed by atoms with Crippen molar-refractivity contribution >= 4 is 21.9 Å². The number of nitrogens with zero attached hydrogens (tertiary/aromatic N) is 2. The topological polar surface area (TPSA) is 38.9 Å². The van der Waals surface area contributed by atoms with E-state index >= 15 is 0 Å². The predicted molar refractivity (Wildman–Crippen MR) is 202 cm³/mol. The second-order valence-electron chi connectivity index (χ2n) is 15.0. The van der Waals surface area contributed by atoms with Crippen LogP contribution >= 0.6 is 0 Å². The molecule has 9 rings (SSSR count). The number of fused-ring (bicyclic) bond motifs is 6. The molecule has 1 unspecified atom stereocenters. The van der Waals surface area contributed by atoms with Crippen LogP contribution in [0.2, 0.25) is 0 Å². The minimum absolute atomic E-state index is 0. The average molecular weight is 832 g/mol. The maximum Gasteiger partial charge on any atom is 0.144 e. The molecule has 0 saturated heterocycles. The van der Waals surface area contributed by atoms with Crippen molar-refractivity contribution in [3.05, 3.63) is 154 Å². The van der Waals surface area contributed by atoms with Gasteiger partial charge in [0.1, 0.15) is 11.2 Å². The first-order valence-corrected chi connectivity index (χ1v) is 17.5. The van der Waals surface area contributed by atoms with E-state index in [0.29, 0.717) is 0 Å². The molecule has 0 aliphatic heterocycles. The summed E-state index contributed by atoms with van der Waals surface area (Å²) in [5, 5.41) is 2.41. The number of para-hydroxylation sites is 1. The Morgan fingerprint density at radius 2 is 1.30 bits per heavy atom. The van der Waals surface area contributed by atoms with Gasteiger partial charge in [-0.15, -0.1) is 35.9 Å². The smallest absolute Gasteiger partial charge is 0.144 e. The summed E-state index contributed by atoms with van der Waals surface area (Å²) in [6.45, 7) is 13.2. The van der Waals surface area contributed by atoms with Crippen molar-refractivity contribution in [1.82, 2.24) is 9.97 Å². The van der Waals surface area contributed by atoms with Crippen LogP contribution in [0.15, 0.2) is 108 Å². The van der Waals surface area contributed by atoms with Crippen LogP contribution in [0.1, 0.15) is 71.2 Å². The molecule has 50 heavy (non-hydrogen) atoms. The summed E-state index contributed by atoms with van der Waals surface area (Å²) < 4.78 is 6.57. The summed E-state index contributed by atoms with van der Waals surface area (Å²) in [5.74, 6) is 0. The molecule has 3 nitrogen and oxygen atoms in total. The Kier molecular flexibility index (Phi) is 8.91. The van der Waals surface area contributed by atoms with E-state index in [1.165, 1.54) is 57.0 Å². The number of aryl methyl sites for hydroxylation is 4. The van der Waals surface area contributed by atoms with Crippen molar-refractivity contribution in [2.45, 2.75) is 78.1 Å². The van der Waals surface area contributed by atoms with Crippen molar-refractivity contribution < 1.29 is 24.5 Å². The van der Waals surface area contributed by atoms with Crippen LogP contribution in [0.4, 0.5) is 0 Å². The number of pyridine rings is 2. The van der Waals surface area contributed by atoms with Crippen molar-refractivity contribution in [2.24, 2.45) is 0 Å². The monoisotopic (exact) mass is 832 g/mol. The zero-order chi connectivity index (χ0) is 33.9. The third kappa shape index (κ3) is 5.93. The van der Waals surface area contributed by atoms with Gasteiger partial charge in [0.2, 0.25) is 0 Å². The Hall–Kier alpha value is -4.37. The van der Waals surface area contributed by atoms with E-state index in [0.717, 1.165) is 46.5 Å². The summed E-state index contributed by atoms with van der Waals surface area (Å²) in [6.07, 6.45) is 8.58. The van der Waals surface area contributed by atoms with Crippen LogP contribution in [0.5, 0.6) is 0 Å². The molecule has 3 heterocycles. The third-order valence-corrected chi connectivity index (χ3v) is 11.3. The van der Waals surface area contributed by atoms with E-state index < -0.39 is 0 Å². The maximum atomic E-state index is 6.57. The fourth-order valence-electron chi connectivity index (χ4n) is 8.07. The second kappa shape index (κ2) is 13.1. The average Bonchev–Trinajstić information content (AvgIpc) is 3.66.